The fourth-order valence-corrected chi connectivity index (χ4v) is 2.03. The molecule has 0 rings (SSSR count). The lowest BCUT2D eigenvalue weighted by molar-refractivity contribution is -0.141. The van der Waals surface area contributed by atoms with E-state index in [1.165, 1.54) is 32.8 Å². The summed E-state index contributed by atoms with van der Waals surface area (Å²) in [5.41, 5.74) is 5.57. The molecule has 3 nitrogen and oxygen atoms in total. The molecule has 1 unspecified atom stereocenters. The molecule has 4 heteroatoms. The molecule has 0 spiro atoms. The van der Waals surface area contributed by atoms with Crippen LogP contribution < -0.4 is 5.73 Å². The average molecular weight is 219 g/mol. The second kappa shape index (κ2) is 9.34. The second-order valence-electron chi connectivity index (χ2n) is 3.27. The minimum atomic E-state index is -0.462. The third-order valence-electron chi connectivity index (χ3n) is 1.94. The van der Waals surface area contributed by atoms with Crippen LogP contribution >= 0.6 is 11.8 Å². The number of hydrogen-bond donors (Lipinski definition) is 1. The van der Waals surface area contributed by atoms with E-state index in [-0.39, 0.29) is 5.97 Å². The number of carbonyl (C=O) groups excluding carboxylic acids is 1. The smallest absolute Gasteiger partial charge is 0.323 e. The molecule has 0 saturated heterocycles. The Kier molecular flexibility index (Phi) is 9.19. The molecular formula is C10H21NO2S. The summed E-state index contributed by atoms with van der Waals surface area (Å²) in [6.45, 7) is 2.19. The first-order chi connectivity index (χ1) is 6.72. The van der Waals surface area contributed by atoms with Gasteiger partial charge in [-0.15, -0.1) is 0 Å². The van der Waals surface area contributed by atoms with Gasteiger partial charge in [0.25, 0.3) is 0 Å². The van der Waals surface area contributed by atoms with Gasteiger partial charge in [-0.3, -0.25) is 4.79 Å². The first-order valence-electron chi connectivity index (χ1n) is 5.13. The zero-order valence-electron chi connectivity index (χ0n) is 9.12. The molecule has 0 fully saturated rings. The van der Waals surface area contributed by atoms with E-state index in [1.807, 2.05) is 0 Å². The van der Waals surface area contributed by atoms with Gasteiger partial charge < -0.3 is 10.5 Å². The number of esters is 1. The van der Waals surface area contributed by atoms with Crippen LogP contribution in [0.5, 0.6) is 0 Å². The van der Waals surface area contributed by atoms with Crippen molar-refractivity contribution in [2.24, 2.45) is 5.73 Å². The lowest BCUT2D eigenvalue weighted by atomic mass is 10.2. The molecule has 1 atom stereocenters. The van der Waals surface area contributed by atoms with Gasteiger partial charge in [0.2, 0.25) is 0 Å². The molecule has 0 heterocycles. The average Bonchev–Trinajstić information content (AvgIpc) is 2.21. The van der Waals surface area contributed by atoms with Crippen LogP contribution in [0.3, 0.4) is 0 Å². The number of carbonyl (C=O) groups is 1. The van der Waals surface area contributed by atoms with Crippen LogP contribution in [0.25, 0.3) is 0 Å². The Labute approximate surface area is 90.8 Å². The summed E-state index contributed by atoms with van der Waals surface area (Å²) in [6, 6.07) is -0.462. The molecular weight excluding hydrogens is 198 g/mol. The summed E-state index contributed by atoms with van der Waals surface area (Å²) in [6.07, 6.45) is 5.04. The van der Waals surface area contributed by atoms with E-state index in [2.05, 4.69) is 11.7 Å². The molecule has 0 radical (unpaired) electrons. The first-order valence-corrected chi connectivity index (χ1v) is 6.29. The van der Waals surface area contributed by atoms with E-state index >= 15 is 0 Å². The summed E-state index contributed by atoms with van der Waals surface area (Å²) in [7, 11) is 1.37. The van der Waals surface area contributed by atoms with Gasteiger partial charge >= 0.3 is 5.97 Å². The molecule has 0 amide bonds. The second-order valence-corrected chi connectivity index (χ2v) is 4.42. The number of rotatable bonds is 8. The molecule has 0 aromatic heterocycles. The SMILES string of the molecule is CCCCCCSCC(N)C(=O)OC. The van der Waals surface area contributed by atoms with Crippen LogP contribution in [0.1, 0.15) is 32.6 Å². The van der Waals surface area contributed by atoms with E-state index in [4.69, 9.17) is 5.73 Å². The Bertz CT molecular complexity index is 153. The third kappa shape index (κ3) is 7.21. The van der Waals surface area contributed by atoms with Crippen molar-refractivity contribution in [2.45, 2.75) is 38.6 Å². The Hall–Kier alpha value is -0.220. The van der Waals surface area contributed by atoms with Gasteiger partial charge in [0, 0.05) is 5.75 Å². The largest absolute Gasteiger partial charge is 0.468 e. The van der Waals surface area contributed by atoms with Crippen LogP contribution in [0, 0.1) is 0 Å². The number of thioether (sulfide) groups is 1. The van der Waals surface area contributed by atoms with Crippen LogP contribution in [-0.2, 0) is 9.53 Å². The monoisotopic (exact) mass is 219 g/mol. The predicted octanol–water partition coefficient (Wildman–Crippen LogP) is 1.80. The number of nitrogens with two attached hydrogens (primary N) is 1. The van der Waals surface area contributed by atoms with E-state index < -0.39 is 6.04 Å². The van der Waals surface area contributed by atoms with E-state index in [9.17, 15) is 4.79 Å². The standard InChI is InChI=1S/C10H21NO2S/c1-3-4-5-6-7-14-8-9(11)10(12)13-2/h9H,3-8,11H2,1-2H3. The highest BCUT2D eigenvalue weighted by atomic mass is 32.2. The molecule has 0 bridgehead atoms. The maximum atomic E-state index is 10.9. The lowest BCUT2D eigenvalue weighted by Crippen LogP contribution is -2.33. The molecule has 0 aromatic carbocycles. The van der Waals surface area contributed by atoms with E-state index in [0.717, 1.165) is 5.75 Å². The molecule has 0 aliphatic rings. The van der Waals surface area contributed by atoms with Gasteiger partial charge in [0.05, 0.1) is 7.11 Å². The Morgan fingerprint density at radius 1 is 1.43 bits per heavy atom. The van der Waals surface area contributed by atoms with Crippen LogP contribution in [-0.4, -0.2) is 30.6 Å². The minimum Gasteiger partial charge on any atom is -0.468 e. The fraction of sp³-hybridized carbons (Fsp3) is 0.900. The highest BCUT2D eigenvalue weighted by molar-refractivity contribution is 7.99. The van der Waals surface area contributed by atoms with Crippen molar-refractivity contribution >= 4 is 17.7 Å². The lowest BCUT2D eigenvalue weighted by Gasteiger charge is -2.08. The summed E-state index contributed by atoms with van der Waals surface area (Å²) in [5, 5.41) is 0. The Balaban J connectivity index is 3.23. The molecule has 0 aliphatic heterocycles. The molecule has 0 aliphatic carbocycles. The van der Waals surface area contributed by atoms with Crippen molar-refractivity contribution in [3.05, 3.63) is 0 Å². The van der Waals surface area contributed by atoms with Gasteiger partial charge in [0.1, 0.15) is 6.04 Å². The topological polar surface area (TPSA) is 52.3 Å². The number of methoxy groups -OCH3 is 1. The number of ether oxygens (including phenoxy) is 1. The van der Waals surface area contributed by atoms with Gasteiger partial charge in [-0.1, -0.05) is 26.2 Å². The van der Waals surface area contributed by atoms with Crippen LogP contribution in [0.15, 0.2) is 0 Å². The van der Waals surface area contributed by atoms with E-state index in [1.54, 1.807) is 11.8 Å². The van der Waals surface area contributed by atoms with Crippen molar-refractivity contribution in [1.29, 1.82) is 0 Å². The van der Waals surface area contributed by atoms with Crippen molar-refractivity contribution in [3.63, 3.8) is 0 Å². The van der Waals surface area contributed by atoms with Gasteiger partial charge in [-0.25, -0.2) is 0 Å². The van der Waals surface area contributed by atoms with Crippen LogP contribution in [0.4, 0.5) is 0 Å². The zero-order valence-corrected chi connectivity index (χ0v) is 9.94. The maximum Gasteiger partial charge on any atom is 0.323 e. The number of hydrogen-bond acceptors (Lipinski definition) is 4. The molecule has 14 heavy (non-hydrogen) atoms. The Morgan fingerprint density at radius 2 is 2.14 bits per heavy atom. The molecule has 0 aromatic rings. The Morgan fingerprint density at radius 3 is 2.71 bits per heavy atom. The molecule has 84 valence electrons. The summed E-state index contributed by atoms with van der Waals surface area (Å²) in [5.74, 6) is 1.44. The first kappa shape index (κ1) is 13.8. The van der Waals surface area contributed by atoms with Crippen molar-refractivity contribution in [1.82, 2.24) is 0 Å². The van der Waals surface area contributed by atoms with Gasteiger partial charge in [-0.2, -0.15) is 11.8 Å². The fourth-order valence-electron chi connectivity index (χ4n) is 1.06. The van der Waals surface area contributed by atoms with Crippen molar-refractivity contribution in [2.75, 3.05) is 18.6 Å². The third-order valence-corrected chi connectivity index (χ3v) is 3.12. The normalized spacial score (nSPS) is 12.5. The molecule has 0 saturated carbocycles. The highest BCUT2D eigenvalue weighted by Gasteiger charge is 2.12. The summed E-state index contributed by atoms with van der Waals surface area (Å²) in [4.78, 5) is 10.9. The number of unbranched alkanes of at least 4 members (excludes halogenated alkanes) is 3. The van der Waals surface area contributed by atoms with E-state index in [0.29, 0.717) is 5.75 Å². The molecule has 2 N–H and O–H groups in total. The minimum absolute atomic E-state index is 0.314. The quantitative estimate of drug-likeness (QED) is 0.499. The van der Waals surface area contributed by atoms with Crippen molar-refractivity contribution < 1.29 is 9.53 Å². The van der Waals surface area contributed by atoms with Gasteiger partial charge in [0.15, 0.2) is 0 Å². The van der Waals surface area contributed by atoms with Crippen molar-refractivity contribution in [3.8, 4) is 0 Å². The highest BCUT2D eigenvalue weighted by Crippen LogP contribution is 2.08. The predicted molar refractivity (Wildman–Crippen MR) is 61.5 cm³/mol. The van der Waals surface area contributed by atoms with Gasteiger partial charge in [-0.05, 0) is 12.2 Å². The maximum absolute atomic E-state index is 10.9. The summed E-state index contributed by atoms with van der Waals surface area (Å²) < 4.78 is 4.53. The zero-order chi connectivity index (χ0) is 10.8. The summed E-state index contributed by atoms with van der Waals surface area (Å²) >= 11 is 1.73. The van der Waals surface area contributed by atoms with Crippen LogP contribution in [0.2, 0.25) is 0 Å².